The lowest BCUT2D eigenvalue weighted by atomic mass is 10.5. The molecule has 27 heavy (non-hydrogen) atoms. The van der Waals surface area contributed by atoms with Gasteiger partial charge in [0.15, 0.2) is 0 Å². The van der Waals surface area contributed by atoms with Gasteiger partial charge in [-0.3, -0.25) is 0 Å². The van der Waals surface area contributed by atoms with E-state index in [4.69, 9.17) is 31.3 Å². The van der Waals surface area contributed by atoms with Crippen molar-refractivity contribution in [2.45, 2.75) is 33.2 Å². The van der Waals surface area contributed by atoms with Gasteiger partial charge in [-0.05, 0) is 32.9 Å². The van der Waals surface area contributed by atoms with Crippen LogP contribution in [0.5, 0.6) is 0 Å². The van der Waals surface area contributed by atoms with E-state index >= 15 is 0 Å². The summed E-state index contributed by atoms with van der Waals surface area (Å²) in [5.41, 5.74) is 1.67. The first-order chi connectivity index (χ1) is 12.9. The lowest BCUT2D eigenvalue weighted by molar-refractivity contribution is -0.137. The predicted octanol–water partition coefficient (Wildman–Crippen LogP) is 2.74. The van der Waals surface area contributed by atoms with Gasteiger partial charge in [0.05, 0.1) is 6.61 Å². The zero-order valence-corrected chi connectivity index (χ0v) is 19.6. The Labute approximate surface area is 166 Å². The number of ether oxygens (including phenoxy) is 1. The fourth-order valence-electron chi connectivity index (χ4n) is 1.98. The number of esters is 1. The molecule has 0 fully saturated rings. The van der Waals surface area contributed by atoms with Gasteiger partial charge in [0.1, 0.15) is 0 Å². The minimum Gasteiger partial charge on any atom is -0.463 e. The lowest BCUT2D eigenvalue weighted by Crippen LogP contribution is -2.44. The molecular formula is C17H36O8Si2. The highest BCUT2D eigenvalue weighted by atomic mass is 28.4. The molecule has 0 aliphatic heterocycles. The van der Waals surface area contributed by atoms with Crippen molar-refractivity contribution in [3.05, 3.63) is 24.9 Å². The molecule has 0 radical (unpaired) electrons. The van der Waals surface area contributed by atoms with E-state index in [0.717, 1.165) is 6.08 Å². The van der Waals surface area contributed by atoms with E-state index in [0.29, 0.717) is 38.9 Å². The molecule has 160 valence electrons. The molecule has 0 amide bonds. The number of carbonyl (C=O) groups excluding carboxylic acids is 1. The summed E-state index contributed by atoms with van der Waals surface area (Å²) in [4.78, 5) is 10.7. The van der Waals surface area contributed by atoms with Crippen LogP contribution in [-0.2, 0) is 36.1 Å². The Morgan fingerprint density at radius 1 is 0.889 bits per heavy atom. The van der Waals surface area contributed by atoms with Gasteiger partial charge in [0.2, 0.25) is 0 Å². The Kier molecular flexibility index (Phi) is 18.1. The molecule has 0 atom stereocenters. The maximum Gasteiger partial charge on any atom is 0.528 e. The van der Waals surface area contributed by atoms with E-state index in [2.05, 4.69) is 13.2 Å². The topological polar surface area (TPSA) is 81.7 Å². The molecule has 0 aliphatic rings. The van der Waals surface area contributed by atoms with E-state index in [1.54, 1.807) is 27.0 Å². The molecule has 0 saturated carbocycles. The van der Waals surface area contributed by atoms with Crippen molar-refractivity contribution in [3.63, 3.8) is 0 Å². The fourth-order valence-corrected chi connectivity index (χ4v) is 5.48. The number of hydrogen-bond donors (Lipinski definition) is 0. The molecule has 0 aliphatic carbocycles. The average Bonchev–Trinajstić information content (AvgIpc) is 2.69. The van der Waals surface area contributed by atoms with Crippen LogP contribution < -0.4 is 0 Å². The third-order valence-electron chi connectivity index (χ3n) is 3.26. The van der Waals surface area contributed by atoms with Crippen molar-refractivity contribution in [1.29, 1.82) is 0 Å². The Morgan fingerprint density at radius 3 is 1.63 bits per heavy atom. The van der Waals surface area contributed by atoms with Gasteiger partial charge in [-0.25, -0.2) is 4.79 Å². The lowest BCUT2D eigenvalue weighted by Gasteiger charge is -2.24. The summed E-state index contributed by atoms with van der Waals surface area (Å²) in [6.45, 7) is 14.8. The van der Waals surface area contributed by atoms with E-state index < -0.39 is 23.6 Å². The minimum atomic E-state index is -2.52. The van der Waals surface area contributed by atoms with Gasteiger partial charge in [0, 0.05) is 53.3 Å². The SMILES string of the molecule is C=CC(=O)OCCC[Si](OC)(OC)OC.C=C[Si](OCC)(OCC)OCC. The zero-order chi connectivity index (χ0) is 21.2. The first kappa shape index (κ1) is 28.4. The van der Waals surface area contributed by atoms with Crippen LogP contribution in [0, 0.1) is 0 Å². The maximum absolute atomic E-state index is 10.7. The first-order valence-corrected chi connectivity index (χ1v) is 12.6. The number of carbonyl (C=O) groups is 1. The fraction of sp³-hybridized carbons (Fsp3) is 0.706. The van der Waals surface area contributed by atoms with Crippen molar-refractivity contribution >= 4 is 23.6 Å². The van der Waals surface area contributed by atoms with Crippen LogP contribution in [-0.4, -0.2) is 71.3 Å². The normalized spacial score (nSPS) is 11.3. The summed E-state index contributed by atoms with van der Waals surface area (Å²) in [5.74, 6) is -0.422. The van der Waals surface area contributed by atoms with E-state index in [1.807, 2.05) is 20.8 Å². The maximum atomic E-state index is 10.7. The summed E-state index contributed by atoms with van der Waals surface area (Å²) >= 11 is 0. The molecule has 0 N–H and O–H groups in total. The quantitative estimate of drug-likeness (QED) is 0.172. The second-order valence-corrected chi connectivity index (χ2v) is 10.4. The van der Waals surface area contributed by atoms with Crippen LogP contribution in [0.1, 0.15) is 27.2 Å². The van der Waals surface area contributed by atoms with Crippen LogP contribution in [0.3, 0.4) is 0 Å². The summed E-state index contributed by atoms with van der Waals surface area (Å²) in [7, 11) is -0.371. The zero-order valence-electron chi connectivity index (χ0n) is 17.6. The van der Waals surface area contributed by atoms with Gasteiger partial charge >= 0.3 is 23.6 Å². The Balaban J connectivity index is 0. The van der Waals surface area contributed by atoms with E-state index in [1.165, 1.54) is 0 Å². The van der Waals surface area contributed by atoms with Crippen molar-refractivity contribution in [2.24, 2.45) is 0 Å². The molecule has 0 aromatic carbocycles. The molecule has 0 rings (SSSR count). The highest BCUT2D eigenvalue weighted by Gasteiger charge is 2.37. The number of rotatable bonds is 15. The van der Waals surface area contributed by atoms with Crippen LogP contribution >= 0.6 is 0 Å². The molecule has 0 unspecified atom stereocenters. The second kappa shape index (κ2) is 17.3. The largest absolute Gasteiger partial charge is 0.528 e. The van der Waals surface area contributed by atoms with E-state index in [9.17, 15) is 4.79 Å². The van der Waals surface area contributed by atoms with Crippen molar-refractivity contribution in [2.75, 3.05) is 47.8 Å². The monoisotopic (exact) mass is 424 g/mol. The van der Waals surface area contributed by atoms with Crippen molar-refractivity contribution in [1.82, 2.24) is 0 Å². The molecule has 0 aromatic rings. The van der Waals surface area contributed by atoms with Gasteiger partial charge in [-0.15, -0.1) is 0 Å². The summed E-state index contributed by atoms with van der Waals surface area (Å²) in [6.07, 6.45) is 1.77. The first-order valence-electron chi connectivity index (χ1n) is 8.88. The molecular weight excluding hydrogens is 388 g/mol. The average molecular weight is 425 g/mol. The smallest absolute Gasteiger partial charge is 0.463 e. The molecule has 0 bridgehead atoms. The van der Waals surface area contributed by atoms with Crippen LogP contribution in [0.15, 0.2) is 24.9 Å². The molecule has 0 aromatic heterocycles. The predicted molar refractivity (Wildman–Crippen MR) is 108 cm³/mol. The highest BCUT2D eigenvalue weighted by Crippen LogP contribution is 2.14. The third-order valence-corrected chi connectivity index (χ3v) is 8.66. The Hall–Kier alpha value is -0.856. The van der Waals surface area contributed by atoms with Crippen molar-refractivity contribution < 1.29 is 36.1 Å². The minimum absolute atomic E-state index is 0.315. The van der Waals surface area contributed by atoms with Gasteiger partial charge in [-0.2, -0.15) is 0 Å². The summed E-state index contributed by atoms with van der Waals surface area (Å²) < 4.78 is 36.7. The molecule has 0 spiro atoms. The van der Waals surface area contributed by atoms with Gasteiger partial charge in [0.25, 0.3) is 0 Å². The van der Waals surface area contributed by atoms with Crippen LogP contribution in [0.4, 0.5) is 0 Å². The Morgan fingerprint density at radius 2 is 1.33 bits per heavy atom. The molecule has 0 saturated heterocycles. The van der Waals surface area contributed by atoms with E-state index in [-0.39, 0.29) is 0 Å². The molecule has 10 heteroatoms. The Bertz CT molecular complexity index is 377. The molecule has 0 heterocycles. The van der Waals surface area contributed by atoms with Crippen molar-refractivity contribution in [3.8, 4) is 0 Å². The molecule has 8 nitrogen and oxygen atoms in total. The summed E-state index contributed by atoms with van der Waals surface area (Å²) in [6, 6.07) is 0.612. The van der Waals surface area contributed by atoms with Gasteiger partial charge < -0.3 is 31.3 Å². The van der Waals surface area contributed by atoms with Crippen LogP contribution in [0.25, 0.3) is 0 Å². The second-order valence-electron chi connectivity index (χ2n) is 4.88. The standard InChI is InChI=1S/C9H18O5Si.C8H18O3Si/c1-5-9(10)14-7-6-8-15(11-2,12-3)13-4;1-5-9-12(8-4,10-6-2)11-7-3/h5H,1,6-8H2,2-4H3;8H,4-7H2,1-3H3. The summed E-state index contributed by atoms with van der Waals surface area (Å²) in [5, 5.41) is 0. The number of hydrogen-bond acceptors (Lipinski definition) is 8. The third kappa shape index (κ3) is 12.3. The van der Waals surface area contributed by atoms with Gasteiger partial charge in [-0.1, -0.05) is 13.2 Å². The highest BCUT2D eigenvalue weighted by molar-refractivity contribution is 6.66. The van der Waals surface area contributed by atoms with Crippen LogP contribution in [0.2, 0.25) is 6.04 Å².